The molecule has 4 rings (SSSR count). The van der Waals surface area contributed by atoms with E-state index in [0.717, 1.165) is 29.4 Å². The van der Waals surface area contributed by atoms with Crippen molar-refractivity contribution in [2.24, 2.45) is 0 Å². The Morgan fingerprint density at radius 3 is 2.65 bits per heavy atom. The van der Waals surface area contributed by atoms with Crippen molar-refractivity contribution in [2.45, 2.75) is 51.4 Å². The lowest BCUT2D eigenvalue weighted by atomic mass is 9.79. The average molecular weight is 329 g/mol. The Kier molecular flexibility index (Phi) is 3.97. The maximum Gasteiger partial charge on any atom is 0.221 e. The van der Waals surface area contributed by atoms with Gasteiger partial charge in [-0.25, -0.2) is 4.98 Å². The summed E-state index contributed by atoms with van der Waals surface area (Å²) in [6.45, 7) is 3.81. The molecule has 1 saturated heterocycles. The lowest BCUT2D eigenvalue weighted by molar-refractivity contribution is -0.114. The number of anilines is 2. The van der Waals surface area contributed by atoms with Gasteiger partial charge in [0, 0.05) is 25.7 Å². The van der Waals surface area contributed by atoms with E-state index < -0.39 is 0 Å². The summed E-state index contributed by atoms with van der Waals surface area (Å²) in [4.78, 5) is 18.9. The Labute approximate surface area is 140 Å². The molecular formula is C18H23N3OS. The molecular weight excluding hydrogens is 306 g/mol. The zero-order valence-corrected chi connectivity index (χ0v) is 14.4. The number of carbonyl (C=O) groups is 1. The van der Waals surface area contributed by atoms with Crippen molar-refractivity contribution in [2.75, 3.05) is 23.3 Å². The number of rotatable bonds is 3. The molecule has 2 aliphatic rings. The SMILES string of the molecule is CC(=O)Nc1cc(C2CCC2)c2nc(N3CCCCC3)sc2c1. The van der Waals surface area contributed by atoms with Gasteiger partial charge in [-0.3, -0.25) is 4.79 Å². The van der Waals surface area contributed by atoms with Crippen molar-refractivity contribution in [1.82, 2.24) is 4.98 Å². The van der Waals surface area contributed by atoms with Gasteiger partial charge in [-0.1, -0.05) is 17.8 Å². The standard InChI is InChI=1S/C18H23N3OS/c1-12(22)19-14-10-15(13-6-5-7-13)17-16(11-14)23-18(20-17)21-8-3-2-4-9-21/h10-11,13H,2-9H2,1H3,(H,19,22). The number of aromatic nitrogens is 1. The van der Waals surface area contributed by atoms with Crippen LogP contribution in [0.25, 0.3) is 10.2 Å². The maximum absolute atomic E-state index is 11.4. The van der Waals surface area contributed by atoms with Gasteiger partial charge < -0.3 is 10.2 Å². The summed E-state index contributed by atoms with van der Waals surface area (Å²) in [6, 6.07) is 4.23. The molecule has 0 bridgehead atoms. The van der Waals surface area contributed by atoms with E-state index in [1.807, 2.05) is 0 Å². The lowest BCUT2D eigenvalue weighted by Crippen LogP contribution is -2.29. The van der Waals surface area contributed by atoms with Crippen LogP contribution in [-0.2, 0) is 4.79 Å². The fraction of sp³-hybridized carbons (Fsp3) is 0.556. The summed E-state index contributed by atoms with van der Waals surface area (Å²) < 4.78 is 1.21. The first-order valence-corrected chi connectivity index (χ1v) is 9.49. The first-order valence-electron chi connectivity index (χ1n) is 8.68. The number of carbonyl (C=O) groups excluding carboxylic acids is 1. The normalized spacial score (nSPS) is 18.9. The van der Waals surface area contributed by atoms with Crippen LogP contribution in [0.3, 0.4) is 0 Å². The van der Waals surface area contributed by atoms with Gasteiger partial charge >= 0.3 is 0 Å². The topological polar surface area (TPSA) is 45.2 Å². The van der Waals surface area contributed by atoms with E-state index in [1.165, 1.54) is 48.8 Å². The number of benzene rings is 1. The Hall–Kier alpha value is -1.62. The molecule has 4 nitrogen and oxygen atoms in total. The molecule has 23 heavy (non-hydrogen) atoms. The average Bonchev–Trinajstić information content (AvgIpc) is 2.90. The molecule has 0 spiro atoms. The fourth-order valence-corrected chi connectivity index (χ4v) is 4.66. The second kappa shape index (κ2) is 6.11. The van der Waals surface area contributed by atoms with Crippen molar-refractivity contribution >= 4 is 38.3 Å². The first-order chi connectivity index (χ1) is 11.2. The Balaban J connectivity index is 1.75. The molecule has 2 fully saturated rings. The van der Waals surface area contributed by atoms with Gasteiger partial charge in [0.2, 0.25) is 5.91 Å². The highest BCUT2D eigenvalue weighted by molar-refractivity contribution is 7.22. The van der Waals surface area contributed by atoms with Crippen LogP contribution in [0.5, 0.6) is 0 Å². The summed E-state index contributed by atoms with van der Waals surface area (Å²) in [5.74, 6) is 0.604. The molecule has 122 valence electrons. The predicted octanol–water partition coefficient (Wildman–Crippen LogP) is 4.51. The van der Waals surface area contributed by atoms with Crippen molar-refractivity contribution in [3.8, 4) is 0 Å². The maximum atomic E-state index is 11.4. The van der Waals surface area contributed by atoms with Crippen LogP contribution < -0.4 is 10.2 Å². The van der Waals surface area contributed by atoms with Crippen LogP contribution in [0, 0.1) is 0 Å². The Morgan fingerprint density at radius 2 is 2.00 bits per heavy atom. The van der Waals surface area contributed by atoms with Gasteiger partial charge in [0.25, 0.3) is 0 Å². The van der Waals surface area contributed by atoms with Crippen molar-refractivity contribution in [3.05, 3.63) is 17.7 Å². The minimum atomic E-state index is -0.00956. The van der Waals surface area contributed by atoms with Crippen molar-refractivity contribution < 1.29 is 4.79 Å². The van der Waals surface area contributed by atoms with Crippen LogP contribution in [0.2, 0.25) is 0 Å². The predicted molar refractivity (Wildman–Crippen MR) is 96.6 cm³/mol. The van der Waals surface area contributed by atoms with Crippen molar-refractivity contribution in [1.29, 1.82) is 0 Å². The molecule has 0 atom stereocenters. The molecule has 0 unspecified atom stereocenters. The fourth-order valence-electron chi connectivity index (χ4n) is 3.57. The van der Waals surface area contributed by atoms with Crippen LogP contribution in [0.15, 0.2) is 12.1 Å². The zero-order valence-electron chi connectivity index (χ0n) is 13.6. The van der Waals surface area contributed by atoms with E-state index in [-0.39, 0.29) is 5.91 Å². The minimum absolute atomic E-state index is 0.00956. The number of amides is 1. The molecule has 1 aromatic carbocycles. The summed E-state index contributed by atoms with van der Waals surface area (Å²) in [6.07, 6.45) is 7.66. The summed E-state index contributed by atoms with van der Waals surface area (Å²) in [5.41, 5.74) is 3.41. The smallest absolute Gasteiger partial charge is 0.221 e. The molecule has 2 aromatic rings. The highest BCUT2D eigenvalue weighted by Gasteiger charge is 2.25. The number of nitrogens with zero attached hydrogens (tertiary/aromatic N) is 2. The molecule has 2 heterocycles. The van der Waals surface area contributed by atoms with Gasteiger partial charge in [0.1, 0.15) is 0 Å². The highest BCUT2D eigenvalue weighted by Crippen LogP contribution is 2.43. The van der Waals surface area contributed by atoms with Gasteiger partial charge in [-0.05, 0) is 55.7 Å². The quantitative estimate of drug-likeness (QED) is 0.901. The van der Waals surface area contributed by atoms with Gasteiger partial charge in [0.15, 0.2) is 5.13 Å². The number of hydrogen-bond donors (Lipinski definition) is 1. The van der Waals surface area contributed by atoms with E-state index in [1.54, 1.807) is 18.3 Å². The summed E-state index contributed by atoms with van der Waals surface area (Å²) in [5, 5.41) is 4.11. The zero-order chi connectivity index (χ0) is 15.8. The number of piperidine rings is 1. The minimum Gasteiger partial charge on any atom is -0.348 e. The number of fused-ring (bicyclic) bond motifs is 1. The van der Waals surface area contributed by atoms with E-state index in [4.69, 9.17) is 4.98 Å². The van der Waals surface area contributed by atoms with Crippen LogP contribution in [-0.4, -0.2) is 24.0 Å². The first kappa shape index (κ1) is 14.9. The molecule has 1 N–H and O–H groups in total. The second-order valence-electron chi connectivity index (χ2n) is 6.77. The van der Waals surface area contributed by atoms with E-state index in [0.29, 0.717) is 5.92 Å². The van der Waals surface area contributed by atoms with E-state index in [2.05, 4.69) is 22.3 Å². The third kappa shape index (κ3) is 2.94. The highest BCUT2D eigenvalue weighted by atomic mass is 32.1. The van der Waals surface area contributed by atoms with E-state index in [9.17, 15) is 4.79 Å². The molecule has 1 aliphatic carbocycles. The monoisotopic (exact) mass is 329 g/mol. The van der Waals surface area contributed by atoms with E-state index >= 15 is 0 Å². The van der Waals surface area contributed by atoms with Crippen LogP contribution >= 0.6 is 11.3 Å². The molecule has 0 radical (unpaired) electrons. The molecule has 5 heteroatoms. The lowest BCUT2D eigenvalue weighted by Gasteiger charge is -2.27. The third-order valence-corrected chi connectivity index (χ3v) is 6.07. The van der Waals surface area contributed by atoms with Crippen molar-refractivity contribution in [3.63, 3.8) is 0 Å². The number of hydrogen-bond acceptors (Lipinski definition) is 4. The number of nitrogens with one attached hydrogen (secondary N) is 1. The molecule has 1 saturated carbocycles. The summed E-state index contributed by atoms with van der Waals surface area (Å²) in [7, 11) is 0. The molecule has 1 aliphatic heterocycles. The molecule has 1 amide bonds. The van der Waals surface area contributed by atoms with Gasteiger partial charge in [-0.15, -0.1) is 0 Å². The third-order valence-electron chi connectivity index (χ3n) is 5.01. The van der Waals surface area contributed by atoms with Crippen LogP contribution in [0.1, 0.15) is 56.9 Å². The summed E-state index contributed by atoms with van der Waals surface area (Å²) >= 11 is 1.77. The van der Waals surface area contributed by atoms with Crippen LogP contribution in [0.4, 0.5) is 10.8 Å². The number of thiazole rings is 1. The van der Waals surface area contributed by atoms with Gasteiger partial charge in [-0.2, -0.15) is 0 Å². The van der Waals surface area contributed by atoms with Gasteiger partial charge in [0.05, 0.1) is 10.2 Å². The Morgan fingerprint density at radius 1 is 1.22 bits per heavy atom. The Bertz CT molecular complexity index is 729. The molecule has 1 aromatic heterocycles. The second-order valence-corrected chi connectivity index (χ2v) is 7.77. The largest absolute Gasteiger partial charge is 0.348 e.